The molecule has 1 heterocycles. The Kier molecular flexibility index (Phi) is 5.26. The Bertz CT molecular complexity index is 712. The Morgan fingerprint density at radius 3 is 2.09 bits per heavy atom. The number of para-hydroxylation sites is 1. The van der Waals surface area contributed by atoms with Crippen LogP contribution in [-0.2, 0) is 11.8 Å². The first-order chi connectivity index (χ1) is 10.5. The Morgan fingerprint density at radius 1 is 0.864 bits per heavy atom. The average Bonchev–Trinajstić information content (AvgIpc) is 2.55. The SMILES string of the molecule is CC(C)(C)c1ccccc1.CCc1ncc2ccccc2n1. The predicted octanol–water partition coefficient (Wildman–Crippen LogP) is 5.18. The summed E-state index contributed by atoms with van der Waals surface area (Å²) in [6, 6.07) is 18.6. The second-order valence-corrected chi connectivity index (χ2v) is 6.31. The second-order valence-electron chi connectivity index (χ2n) is 6.31. The van der Waals surface area contributed by atoms with Gasteiger partial charge in [-0.1, -0.05) is 76.2 Å². The first-order valence-corrected chi connectivity index (χ1v) is 7.77. The van der Waals surface area contributed by atoms with Gasteiger partial charge in [-0.3, -0.25) is 0 Å². The summed E-state index contributed by atoms with van der Waals surface area (Å²) in [7, 11) is 0. The van der Waals surface area contributed by atoms with Gasteiger partial charge in [0.25, 0.3) is 0 Å². The van der Waals surface area contributed by atoms with Gasteiger partial charge in [0.1, 0.15) is 5.82 Å². The Morgan fingerprint density at radius 2 is 1.50 bits per heavy atom. The summed E-state index contributed by atoms with van der Waals surface area (Å²) >= 11 is 0. The molecule has 22 heavy (non-hydrogen) atoms. The highest BCUT2D eigenvalue weighted by molar-refractivity contribution is 5.77. The molecule has 0 atom stereocenters. The lowest BCUT2D eigenvalue weighted by molar-refractivity contribution is 0.590. The number of fused-ring (bicyclic) bond motifs is 1. The van der Waals surface area contributed by atoms with E-state index < -0.39 is 0 Å². The standard InChI is InChI=1S/C10H10N2.C10H14/c1-2-10-11-7-8-5-3-4-6-9(8)12-10;1-10(2,3)9-7-5-4-6-8-9/h3-7H,2H2,1H3;4-8H,1-3H3. The number of aromatic nitrogens is 2. The normalized spacial score (nSPS) is 10.9. The van der Waals surface area contributed by atoms with Gasteiger partial charge in [-0.2, -0.15) is 0 Å². The van der Waals surface area contributed by atoms with Crippen LogP contribution in [0.1, 0.15) is 39.1 Å². The summed E-state index contributed by atoms with van der Waals surface area (Å²) in [4.78, 5) is 8.60. The van der Waals surface area contributed by atoms with Crippen molar-refractivity contribution in [1.29, 1.82) is 0 Å². The van der Waals surface area contributed by atoms with Crippen LogP contribution >= 0.6 is 0 Å². The van der Waals surface area contributed by atoms with E-state index in [-0.39, 0.29) is 0 Å². The molecule has 0 fully saturated rings. The molecule has 2 aromatic carbocycles. The quantitative estimate of drug-likeness (QED) is 0.618. The minimum Gasteiger partial charge on any atom is -0.241 e. The Hall–Kier alpha value is -2.22. The predicted molar refractivity (Wildman–Crippen MR) is 94.1 cm³/mol. The van der Waals surface area contributed by atoms with Crippen molar-refractivity contribution in [2.24, 2.45) is 0 Å². The van der Waals surface area contributed by atoms with Crippen molar-refractivity contribution in [2.45, 2.75) is 39.5 Å². The van der Waals surface area contributed by atoms with Gasteiger partial charge in [-0.05, 0) is 17.0 Å². The summed E-state index contributed by atoms with van der Waals surface area (Å²) in [6.45, 7) is 8.73. The molecule has 0 saturated carbocycles. The van der Waals surface area contributed by atoms with E-state index in [4.69, 9.17) is 0 Å². The van der Waals surface area contributed by atoms with Crippen LogP contribution in [0.15, 0.2) is 60.8 Å². The molecule has 114 valence electrons. The minimum atomic E-state index is 0.293. The molecule has 0 spiro atoms. The summed E-state index contributed by atoms with van der Waals surface area (Å²) in [5, 5.41) is 1.11. The number of hydrogen-bond acceptors (Lipinski definition) is 2. The summed E-state index contributed by atoms with van der Waals surface area (Å²) in [5.41, 5.74) is 2.72. The van der Waals surface area contributed by atoms with Crippen molar-refractivity contribution in [1.82, 2.24) is 9.97 Å². The van der Waals surface area contributed by atoms with Crippen molar-refractivity contribution < 1.29 is 0 Å². The van der Waals surface area contributed by atoms with E-state index in [9.17, 15) is 0 Å². The highest BCUT2D eigenvalue weighted by Crippen LogP contribution is 2.20. The van der Waals surface area contributed by atoms with E-state index in [1.807, 2.05) is 30.5 Å². The van der Waals surface area contributed by atoms with Crippen LogP contribution in [0.2, 0.25) is 0 Å². The van der Waals surface area contributed by atoms with E-state index in [1.165, 1.54) is 5.56 Å². The summed E-state index contributed by atoms with van der Waals surface area (Å²) in [6.07, 6.45) is 2.77. The fourth-order valence-electron chi connectivity index (χ4n) is 2.12. The second kappa shape index (κ2) is 7.17. The van der Waals surface area contributed by atoms with Crippen molar-refractivity contribution in [2.75, 3.05) is 0 Å². The maximum Gasteiger partial charge on any atom is 0.128 e. The zero-order chi connectivity index (χ0) is 16.0. The maximum absolute atomic E-state index is 4.38. The third kappa shape index (κ3) is 4.39. The van der Waals surface area contributed by atoms with Gasteiger partial charge in [-0.25, -0.2) is 9.97 Å². The van der Waals surface area contributed by atoms with E-state index in [0.717, 1.165) is 23.1 Å². The van der Waals surface area contributed by atoms with Crippen LogP contribution in [0, 0.1) is 0 Å². The third-order valence-electron chi connectivity index (χ3n) is 3.49. The lowest BCUT2D eigenvalue weighted by atomic mass is 9.87. The molecule has 0 radical (unpaired) electrons. The van der Waals surface area contributed by atoms with E-state index in [1.54, 1.807) is 0 Å². The van der Waals surface area contributed by atoms with Gasteiger partial charge in [-0.15, -0.1) is 0 Å². The van der Waals surface area contributed by atoms with Crippen molar-refractivity contribution in [3.05, 3.63) is 72.2 Å². The molecule has 0 aliphatic heterocycles. The molecule has 3 rings (SSSR count). The molecule has 0 aliphatic carbocycles. The summed E-state index contributed by atoms with van der Waals surface area (Å²) < 4.78 is 0. The number of hydrogen-bond donors (Lipinski definition) is 0. The van der Waals surface area contributed by atoms with Crippen LogP contribution in [0.3, 0.4) is 0 Å². The van der Waals surface area contributed by atoms with E-state index in [0.29, 0.717) is 5.41 Å². The lowest BCUT2D eigenvalue weighted by Crippen LogP contribution is -2.10. The van der Waals surface area contributed by atoms with Gasteiger partial charge >= 0.3 is 0 Å². The van der Waals surface area contributed by atoms with Gasteiger partial charge in [0, 0.05) is 18.0 Å². The number of aryl methyl sites for hydroxylation is 1. The monoisotopic (exact) mass is 292 g/mol. The number of rotatable bonds is 1. The smallest absolute Gasteiger partial charge is 0.128 e. The highest BCUT2D eigenvalue weighted by atomic mass is 14.9. The van der Waals surface area contributed by atoms with E-state index in [2.05, 4.69) is 68.0 Å². The highest BCUT2D eigenvalue weighted by Gasteiger charge is 2.11. The maximum atomic E-state index is 4.38. The molecule has 1 aromatic heterocycles. The average molecular weight is 292 g/mol. The van der Waals surface area contributed by atoms with Gasteiger partial charge in [0.2, 0.25) is 0 Å². The largest absolute Gasteiger partial charge is 0.241 e. The molecule has 0 unspecified atom stereocenters. The van der Waals surface area contributed by atoms with Crippen molar-refractivity contribution >= 4 is 10.9 Å². The first kappa shape index (κ1) is 16.2. The van der Waals surface area contributed by atoms with Gasteiger partial charge in [0.15, 0.2) is 0 Å². The molecular formula is C20H24N2. The van der Waals surface area contributed by atoms with Gasteiger partial charge < -0.3 is 0 Å². The lowest BCUT2D eigenvalue weighted by Gasteiger charge is -2.18. The molecule has 2 heteroatoms. The van der Waals surface area contributed by atoms with Crippen molar-refractivity contribution in [3.63, 3.8) is 0 Å². The van der Waals surface area contributed by atoms with Crippen LogP contribution in [0.25, 0.3) is 10.9 Å². The molecule has 0 aliphatic rings. The summed E-state index contributed by atoms with van der Waals surface area (Å²) in [5.74, 6) is 0.911. The van der Waals surface area contributed by atoms with Crippen LogP contribution in [0.4, 0.5) is 0 Å². The molecule has 0 N–H and O–H groups in total. The first-order valence-electron chi connectivity index (χ1n) is 7.77. The van der Waals surface area contributed by atoms with E-state index >= 15 is 0 Å². The minimum absolute atomic E-state index is 0.293. The van der Waals surface area contributed by atoms with Gasteiger partial charge in [0.05, 0.1) is 5.52 Å². The fraction of sp³-hybridized carbons (Fsp3) is 0.300. The third-order valence-corrected chi connectivity index (χ3v) is 3.49. The Balaban J connectivity index is 0.000000164. The molecule has 0 saturated heterocycles. The molecule has 0 amide bonds. The van der Waals surface area contributed by atoms with Crippen LogP contribution < -0.4 is 0 Å². The molecule has 2 nitrogen and oxygen atoms in total. The topological polar surface area (TPSA) is 25.8 Å². The Labute approximate surface area is 133 Å². The fourth-order valence-corrected chi connectivity index (χ4v) is 2.12. The van der Waals surface area contributed by atoms with Crippen LogP contribution in [0.5, 0.6) is 0 Å². The number of nitrogens with zero attached hydrogens (tertiary/aromatic N) is 2. The number of benzene rings is 2. The zero-order valence-electron chi connectivity index (χ0n) is 13.9. The molecule has 3 aromatic rings. The molecular weight excluding hydrogens is 268 g/mol. The zero-order valence-corrected chi connectivity index (χ0v) is 13.9. The molecule has 0 bridgehead atoms. The van der Waals surface area contributed by atoms with Crippen molar-refractivity contribution in [3.8, 4) is 0 Å². The van der Waals surface area contributed by atoms with Crippen LogP contribution in [-0.4, -0.2) is 9.97 Å².